The second-order valence-corrected chi connectivity index (χ2v) is 4.43. The minimum Gasteiger partial charge on any atom is -0.396 e. The topological polar surface area (TPSA) is 84.0 Å². The number of nitrogens with zero attached hydrogens (tertiary/aromatic N) is 4. The number of aromatic nitrogens is 3. The highest BCUT2D eigenvalue weighted by Crippen LogP contribution is 2.20. The number of hydrogen-bond acceptors (Lipinski definition) is 5. The van der Waals surface area contributed by atoms with E-state index in [4.69, 9.17) is 15.1 Å². The summed E-state index contributed by atoms with van der Waals surface area (Å²) in [6.07, 6.45) is 0.802. The number of rotatable bonds is 7. The van der Waals surface area contributed by atoms with Gasteiger partial charge in [-0.25, -0.2) is 4.68 Å². The van der Waals surface area contributed by atoms with E-state index in [-0.39, 0.29) is 19.1 Å². The Balaban J connectivity index is 2.93. The largest absolute Gasteiger partial charge is 0.396 e. The van der Waals surface area contributed by atoms with E-state index in [0.717, 1.165) is 5.69 Å². The summed E-state index contributed by atoms with van der Waals surface area (Å²) in [5.41, 5.74) is 1.52. The van der Waals surface area contributed by atoms with Crippen LogP contribution >= 0.6 is 0 Å². The molecular weight excluding hydrogens is 232 g/mol. The maximum Gasteiger partial charge on any atom is 0.103 e. The lowest BCUT2D eigenvalue weighted by molar-refractivity contribution is 0.109. The molecule has 0 aliphatic carbocycles. The van der Waals surface area contributed by atoms with Crippen LogP contribution in [0.3, 0.4) is 0 Å². The highest BCUT2D eigenvalue weighted by atomic mass is 16.5. The molecule has 0 spiro atoms. The standard InChI is InChI=1S/C12H20N4O2/c1-9(5-7-17)8-16-12(10(2)18-3)11(4-6-13)14-15-16/h9-10,17H,4-5,7-8H2,1-3H3. The smallest absolute Gasteiger partial charge is 0.103 e. The maximum atomic E-state index is 8.92. The molecule has 6 heteroatoms. The van der Waals surface area contributed by atoms with Gasteiger partial charge in [-0.2, -0.15) is 5.26 Å². The van der Waals surface area contributed by atoms with Crippen molar-refractivity contribution < 1.29 is 9.84 Å². The van der Waals surface area contributed by atoms with E-state index in [0.29, 0.717) is 24.6 Å². The molecular formula is C12H20N4O2. The lowest BCUT2D eigenvalue weighted by atomic mass is 10.1. The van der Waals surface area contributed by atoms with Crippen molar-refractivity contribution in [3.8, 4) is 6.07 Å². The minimum absolute atomic E-state index is 0.148. The van der Waals surface area contributed by atoms with Gasteiger partial charge in [0.25, 0.3) is 0 Å². The van der Waals surface area contributed by atoms with E-state index in [1.165, 1.54) is 0 Å². The maximum absolute atomic E-state index is 8.92. The molecule has 6 nitrogen and oxygen atoms in total. The summed E-state index contributed by atoms with van der Waals surface area (Å²) in [7, 11) is 1.62. The molecule has 1 N–H and O–H groups in total. The molecule has 1 aromatic rings. The van der Waals surface area contributed by atoms with Crippen LogP contribution in [-0.4, -0.2) is 33.8 Å². The third-order valence-electron chi connectivity index (χ3n) is 2.94. The van der Waals surface area contributed by atoms with Crippen LogP contribution in [0.5, 0.6) is 0 Å². The number of methoxy groups -OCH3 is 1. The van der Waals surface area contributed by atoms with E-state index >= 15 is 0 Å². The summed E-state index contributed by atoms with van der Waals surface area (Å²) in [6.45, 7) is 4.79. The van der Waals surface area contributed by atoms with Gasteiger partial charge in [0, 0.05) is 20.3 Å². The molecule has 0 amide bonds. The Hall–Kier alpha value is -1.45. The fraction of sp³-hybridized carbons (Fsp3) is 0.750. The van der Waals surface area contributed by atoms with Crippen LogP contribution in [0.2, 0.25) is 0 Å². The van der Waals surface area contributed by atoms with E-state index in [1.54, 1.807) is 11.8 Å². The molecule has 0 saturated carbocycles. The Morgan fingerprint density at radius 2 is 2.22 bits per heavy atom. The third-order valence-corrected chi connectivity index (χ3v) is 2.94. The Bertz CT molecular complexity index is 411. The van der Waals surface area contributed by atoms with Crippen molar-refractivity contribution in [3.63, 3.8) is 0 Å². The predicted molar refractivity (Wildman–Crippen MR) is 65.6 cm³/mol. The van der Waals surface area contributed by atoms with E-state index in [9.17, 15) is 0 Å². The van der Waals surface area contributed by atoms with Gasteiger partial charge in [0.1, 0.15) is 5.69 Å². The molecule has 0 aliphatic heterocycles. The van der Waals surface area contributed by atoms with Gasteiger partial charge in [-0.15, -0.1) is 5.10 Å². The van der Waals surface area contributed by atoms with Gasteiger partial charge in [-0.1, -0.05) is 12.1 Å². The van der Waals surface area contributed by atoms with Gasteiger partial charge in [0.05, 0.1) is 24.3 Å². The number of nitriles is 1. The SMILES string of the molecule is COC(C)c1c(CC#N)nnn1CC(C)CCO. The van der Waals surface area contributed by atoms with Crippen molar-refractivity contribution >= 4 is 0 Å². The van der Waals surface area contributed by atoms with Crippen molar-refractivity contribution in [1.82, 2.24) is 15.0 Å². The molecule has 1 aromatic heterocycles. The van der Waals surface area contributed by atoms with Crippen molar-refractivity contribution in [2.24, 2.45) is 5.92 Å². The van der Waals surface area contributed by atoms with Crippen LogP contribution in [0.15, 0.2) is 0 Å². The molecule has 100 valence electrons. The summed E-state index contributed by atoms with van der Waals surface area (Å²) >= 11 is 0. The second kappa shape index (κ2) is 7.09. The van der Waals surface area contributed by atoms with Crippen LogP contribution < -0.4 is 0 Å². The molecule has 0 aromatic carbocycles. The van der Waals surface area contributed by atoms with Gasteiger partial charge in [-0.3, -0.25) is 0 Å². The molecule has 1 heterocycles. The van der Waals surface area contributed by atoms with Crippen molar-refractivity contribution in [2.75, 3.05) is 13.7 Å². The molecule has 0 saturated heterocycles. The Labute approximate surface area is 107 Å². The first-order valence-corrected chi connectivity index (χ1v) is 6.06. The molecule has 0 fully saturated rings. The molecule has 0 aliphatic rings. The molecule has 2 unspecified atom stereocenters. The summed E-state index contributed by atoms with van der Waals surface area (Å²) in [4.78, 5) is 0. The zero-order chi connectivity index (χ0) is 13.5. The van der Waals surface area contributed by atoms with E-state index < -0.39 is 0 Å². The summed E-state index contributed by atoms with van der Waals surface area (Å²) in [5.74, 6) is 0.300. The normalized spacial score (nSPS) is 14.2. The Morgan fingerprint density at radius 3 is 2.78 bits per heavy atom. The summed E-state index contributed by atoms with van der Waals surface area (Å²) in [6, 6.07) is 2.08. The van der Waals surface area contributed by atoms with Gasteiger partial charge < -0.3 is 9.84 Å². The lowest BCUT2D eigenvalue weighted by Gasteiger charge is -2.16. The number of ether oxygens (including phenoxy) is 1. The Morgan fingerprint density at radius 1 is 1.50 bits per heavy atom. The zero-order valence-corrected chi connectivity index (χ0v) is 11.1. The van der Waals surface area contributed by atoms with E-state index in [2.05, 4.69) is 16.4 Å². The zero-order valence-electron chi connectivity index (χ0n) is 11.1. The van der Waals surface area contributed by atoms with Crippen LogP contribution in [-0.2, 0) is 17.7 Å². The quantitative estimate of drug-likeness (QED) is 0.784. The monoisotopic (exact) mass is 252 g/mol. The average molecular weight is 252 g/mol. The second-order valence-electron chi connectivity index (χ2n) is 4.43. The molecule has 18 heavy (non-hydrogen) atoms. The lowest BCUT2D eigenvalue weighted by Crippen LogP contribution is -2.16. The average Bonchev–Trinajstić information content (AvgIpc) is 2.72. The number of aliphatic hydroxyl groups excluding tert-OH is 1. The summed E-state index contributed by atoms with van der Waals surface area (Å²) < 4.78 is 7.08. The molecule has 2 atom stereocenters. The van der Waals surface area contributed by atoms with E-state index in [1.807, 2.05) is 13.8 Å². The van der Waals surface area contributed by atoms with Crippen LogP contribution in [0.25, 0.3) is 0 Å². The van der Waals surface area contributed by atoms with Crippen molar-refractivity contribution in [3.05, 3.63) is 11.4 Å². The van der Waals surface area contributed by atoms with Crippen LogP contribution in [0, 0.1) is 17.2 Å². The first-order chi connectivity index (χ1) is 8.63. The first-order valence-electron chi connectivity index (χ1n) is 6.06. The predicted octanol–water partition coefficient (Wildman–Crippen LogP) is 1.07. The van der Waals surface area contributed by atoms with Crippen LogP contribution in [0.4, 0.5) is 0 Å². The van der Waals surface area contributed by atoms with Crippen molar-refractivity contribution in [2.45, 2.75) is 39.3 Å². The molecule has 1 rings (SSSR count). The van der Waals surface area contributed by atoms with Gasteiger partial charge >= 0.3 is 0 Å². The van der Waals surface area contributed by atoms with Gasteiger partial charge in [-0.05, 0) is 19.3 Å². The highest BCUT2D eigenvalue weighted by Gasteiger charge is 2.19. The van der Waals surface area contributed by atoms with Crippen LogP contribution in [0.1, 0.15) is 37.8 Å². The Kier molecular flexibility index (Phi) is 5.75. The fourth-order valence-corrected chi connectivity index (χ4v) is 1.86. The minimum atomic E-state index is -0.148. The molecule has 0 radical (unpaired) electrons. The number of aliphatic hydroxyl groups is 1. The fourth-order valence-electron chi connectivity index (χ4n) is 1.86. The van der Waals surface area contributed by atoms with Gasteiger partial charge in [0.15, 0.2) is 0 Å². The number of hydrogen-bond donors (Lipinski definition) is 1. The summed E-state index contributed by atoms with van der Waals surface area (Å²) in [5, 5.41) is 25.8. The third kappa shape index (κ3) is 3.52. The highest BCUT2D eigenvalue weighted by molar-refractivity contribution is 5.16. The molecule has 0 bridgehead atoms. The van der Waals surface area contributed by atoms with Gasteiger partial charge in [0.2, 0.25) is 0 Å². The van der Waals surface area contributed by atoms with Crippen molar-refractivity contribution in [1.29, 1.82) is 5.26 Å². The first kappa shape index (κ1) is 14.6.